The normalized spacial score (nSPS) is 11.6. The third-order valence-electron chi connectivity index (χ3n) is 9.13. The number of anilines is 2. The number of hydrogen-bond acceptors (Lipinski definition) is 1. The molecule has 9 rings (SSSR count). The van der Waals surface area contributed by atoms with Gasteiger partial charge in [0.2, 0.25) is 0 Å². The Balaban J connectivity index is 1.21. The van der Waals surface area contributed by atoms with Crippen LogP contribution in [-0.4, -0.2) is 0 Å². The highest BCUT2D eigenvalue weighted by Crippen LogP contribution is 2.38. The summed E-state index contributed by atoms with van der Waals surface area (Å²) in [5.74, 6) is 0. The van der Waals surface area contributed by atoms with Crippen molar-refractivity contribution in [2.75, 3.05) is 5.32 Å². The van der Waals surface area contributed by atoms with E-state index in [9.17, 15) is 0 Å². The Morgan fingerprint density at radius 2 is 0.689 bits per heavy atom. The average molecular weight is 572 g/mol. The molecule has 1 heteroatoms. The number of hydrogen-bond donors (Lipinski definition) is 1. The summed E-state index contributed by atoms with van der Waals surface area (Å²) in [6.45, 7) is 0. The minimum Gasteiger partial charge on any atom is -0.355 e. The Morgan fingerprint density at radius 1 is 0.244 bits per heavy atom. The molecule has 210 valence electrons. The van der Waals surface area contributed by atoms with Crippen molar-refractivity contribution in [3.8, 4) is 22.3 Å². The van der Waals surface area contributed by atoms with E-state index in [1.165, 1.54) is 76.1 Å². The lowest BCUT2D eigenvalue weighted by molar-refractivity contribution is 1.55. The van der Waals surface area contributed by atoms with Crippen molar-refractivity contribution in [1.29, 1.82) is 0 Å². The fourth-order valence-electron chi connectivity index (χ4n) is 6.92. The summed E-state index contributed by atoms with van der Waals surface area (Å²) >= 11 is 0. The van der Waals surface area contributed by atoms with E-state index >= 15 is 0 Å². The van der Waals surface area contributed by atoms with Crippen molar-refractivity contribution in [1.82, 2.24) is 0 Å². The van der Waals surface area contributed by atoms with E-state index in [2.05, 4.69) is 175 Å². The first kappa shape index (κ1) is 25.6. The van der Waals surface area contributed by atoms with E-state index in [4.69, 9.17) is 0 Å². The van der Waals surface area contributed by atoms with Gasteiger partial charge in [-0.1, -0.05) is 127 Å². The number of fused-ring (bicyclic) bond motifs is 8. The van der Waals surface area contributed by atoms with Gasteiger partial charge in [0.1, 0.15) is 0 Å². The maximum Gasteiger partial charge on any atom is 0.0396 e. The van der Waals surface area contributed by atoms with Crippen molar-refractivity contribution in [3.63, 3.8) is 0 Å². The van der Waals surface area contributed by atoms with Crippen LogP contribution in [0.5, 0.6) is 0 Å². The first-order valence-corrected chi connectivity index (χ1v) is 15.5. The molecule has 0 aliphatic heterocycles. The third-order valence-corrected chi connectivity index (χ3v) is 9.13. The molecule has 0 unspecified atom stereocenters. The van der Waals surface area contributed by atoms with Gasteiger partial charge in [0.05, 0.1) is 0 Å². The second-order valence-electron chi connectivity index (χ2n) is 11.9. The molecule has 0 amide bonds. The van der Waals surface area contributed by atoms with Gasteiger partial charge in [-0.3, -0.25) is 0 Å². The lowest BCUT2D eigenvalue weighted by Crippen LogP contribution is -1.93. The summed E-state index contributed by atoms with van der Waals surface area (Å²) in [5, 5.41) is 16.5. The summed E-state index contributed by atoms with van der Waals surface area (Å²) in [6.07, 6.45) is 0. The first-order chi connectivity index (χ1) is 22.3. The first-order valence-electron chi connectivity index (χ1n) is 15.5. The number of benzene rings is 9. The SMILES string of the molecule is c1ccc2cc(-c3cc(Nc4ccc5c6ccccc6c6ccccc6c5c4)cc(-c4ccc5ccccc5c4)c3)ccc2c1. The molecule has 1 nitrogen and oxygen atoms in total. The molecule has 9 aromatic rings. The molecule has 0 aliphatic carbocycles. The number of nitrogens with one attached hydrogen (secondary N) is 1. The van der Waals surface area contributed by atoms with E-state index in [-0.39, 0.29) is 0 Å². The van der Waals surface area contributed by atoms with E-state index < -0.39 is 0 Å². The molecule has 45 heavy (non-hydrogen) atoms. The largest absolute Gasteiger partial charge is 0.355 e. The minimum atomic E-state index is 1.06. The van der Waals surface area contributed by atoms with Crippen molar-refractivity contribution < 1.29 is 0 Å². The summed E-state index contributed by atoms with van der Waals surface area (Å²) in [7, 11) is 0. The summed E-state index contributed by atoms with van der Waals surface area (Å²) in [5.41, 5.74) is 6.92. The second kappa shape index (κ2) is 10.4. The molecule has 0 spiro atoms. The zero-order chi connectivity index (χ0) is 29.7. The highest BCUT2D eigenvalue weighted by atomic mass is 14.9. The van der Waals surface area contributed by atoms with E-state index in [1.54, 1.807) is 0 Å². The maximum absolute atomic E-state index is 3.80. The molecule has 0 aromatic heterocycles. The Bertz CT molecular complexity index is 2440. The van der Waals surface area contributed by atoms with Crippen LogP contribution in [0.4, 0.5) is 11.4 Å². The lowest BCUT2D eigenvalue weighted by atomic mass is 9.94. The predicted octanol–water partition coefficient (Wildman–Crippen LogP) is 12.5. The highest BCUT2D eigenvalue weighted by Gasteiger charge is 2.11. The van der Waals surface area contributed by atoms with Gasteiger partial charge >= 0.3 is 0 Å². The van der Waals surface area contributed by atoms with Crippen LogP contribution in [0.25, 0.3) is 76.1 Å². The molecule has 0 aliphatic rings. The lowest BCUT2D eigenvalue weighted by Gasteiger charge is -2.15. The van der Waals surface area contributed by atoms with Gasteiger partial charge in [-0.25, -0.2) is 0 Å². The predicted molar refractivity (Wildman–Crippen MR) is 195 cm³/mol. The van der Waals surface area contributed by atoms with Crippen molar-refractivity contribution >= 4 is 65.2 Å². The van der Waals surface area contributed by atoms with Gasteiger partial charge in [-0.2, -0.15) is 0 Å². The molecule has 0 radical (unpaired) electrons. The molecule has 0 saturated heterocycles. The van der Waals surface area contributed by atoms with Gasteiger partial charge in [-0.15, -0.1) is 0 Å². The van der Waals surface area contributed by atoms with E-state index in [1.807, 2.05) is 0 Å². The van der Waals surface area contributed by atoms with Crippen LogP contribution in [0.1, 0.15) is 0 Å². The Hall–Kier alpha value is -5.92. The van der Waals surface area contributed by atoms with Crippen molar-refractivity contribution in [2.45, 2.75) is 0 Å². The van der Waals surface area contributed by atoms with Crippen LogP contribution in [0.15, 0.2) is 170 Å². The quantitative estimate of drug-likeness (QED) is 0.207. The van der Waals surface area contributed by atoms with Crippen LogP contribution in [-0.2, 0) is 0 Å². The van der Waals surface area contributed by atoms with Crippen molar-refractivity contribution in [2.24, 2.45) is 0 Å². The minimum absolute atomic E-state index is 1.06. The molecule has 0 atom stereocenters. The van der Waals surface area contributed by atoms with Crippen LogP contribution in [0.3, 0.4) is 0 Å². The molecule has 1 N–H and O–H groups in total. The molecular formula is C44H29N. The zero-order valence-corrected chi connectivity index (χ0v) is 24.7. The maximum atomic E-state index is 3.80. The van der Waals surface area contributed by atoms with Crippen LogP contribution in [0.2, 0.25) is 0 Å². The Kier molecular flexibility index (Phi) is 5.89. The standard InChI is InChI=1S/C44H29N/c1-3-11-31-23-33(19-17-29(31)9-1)35-25-36(34-20-18-30-10-2-4-12-32(30)24-34)27-38(26-35)45-37-21-22-43-41-15-6-5-13-39(41)40-14-7-8-16-42(40)44(43)28-37/h1-28,45H. The number of rotatable bonds is 4. The van der Waals surface area contributed by atoms with Gasteiger partial charge in [0.25, 0.3) is 0 Å². The molecule has 0 saturated carbocycles. The highest BCUT2D eigenvalue weighted by molar-refractivity contribution is 6.25. The van der Waals surface area contributed by atoms with E-state index in [0.717, 1.165) is 11.4 Å². The second-order valence-corrected chi connectivity index (χ2v) is 11.9. The van der Waals surface area contributed by atoms with Crippen LogP contribution in [0, 0.1) is 0 Å². The van der Waals surface area contributed by atoms with Crippen LogP contribution < -0.4 is 5.32 Å². The van der Waals surface area contributed by atoms with Gasteiger partial charge in [0.15, 0.2) is 0 Å². The molecule has 0 fully saturated rings. The summed E-state index contributed by atoms with van der Waals surface area (Å²) in [4.78, 5) is 0. The fraction of sp³-hybridized carbons (Fsp3) is 0. The Morgan fingerprint density at radius 3 is 1.22 bits per heavy atom. The molecule has 0 bridgehead atoms. The molecule has 9 aromatic carbocycles. The zero-order valence-electron chi connectivity index (χ0n) is 24.7. The summed E-state index contributed by atoms with van der Waals surface area (Å²) < 4.78 is 0. The van der Waals surface area contributed by atoms with Gasteiger partial charge < -0.3 is 5.32 Å². The third kappa shape index (κ3) is 4.49. The summed E-state index contributed by atoms with van der Waals surface area (Å²) in [6, 6.07) is 61.8. The van der Waals surface area contributed by atoms with Gasteiger partial charge in [-0.05, 0) is 119 Å². The average Bonchev–Trinajstić information content (AvgIpc) is 3.11. The van der Waals surface area contributed by atoms with Crippen molar-refractivity contribution in [3.05, 3.63) is 170 Å². The van der Waals surface area contributed by atoms with E-state index in [0.29, 0.717) is 0 Å². The smallest absolute Gasteiger partial charge is 0.0396 e. The Labute approximate surface area is 262 Å². The molecule has 0 heterocycles. The fourth-order valence-corrected chi connectivity index (χ4v) is 6.92. The van der Waals surface area contributed by atoms with Crippen LogP contribution >= 0.6 is 0 Å². The topological polar surface area (TPSA) is 12.0 Å². The molecular weight excluding hydrogens is 542 g/mol. The monoisotopic (exact) mass is 571 g/mol. The van der Waals surface area contributed by atoms with Gasteiger partial charge in [0, 0.05) is 11.4 Å².